The molecule has 4 aromatic rings. The Balaban J connectivity index is 2.01. The van der Waals surface area contributed by atoms with E-state index in [1.165, 1.54) is 0 Å². The molecule has 0 aromatic heterocycles. The minimum atomic E-state index is -5.97. The molecule has 0 fully saturated rings. The molecule has 3 nitrogen and oxygen atoms in total. The molecule has 0 saturated heterocycles. The van der Waals surface area contributed by atoms with Crippen LogP contribution in [0.1, 0.15) is 0 Å². The molecule has 0 radical (unpaired) electrons. The molecule has 0 bridgehead atoms. The summed E-state index contributed by atoms with van der Waals surface area (Å²) in [7, 11) is 0. The van der Waals surface area contributed by atoms with Crippen LogP contribution < -0.4 is 12.2 Å². The van der Waals surface area contributed by atoms with Gasteiger partial charge in [0.25, 0.3) is 0 Å². The Labute approximate surface area is 167 Å². The minimum absolute atomic E-state index is 0.506. The van der Waals surface area contributed by atoms with Crippen LogP contribution in [-0.2, 0) is 22.5 Å². The summed E-state index contributed by atoms with van der Waals surface area (Å²) in [5, 5.41) is 0. The van der Waals surface area contributed by atoms with Gasteiger partial charge in [-0.05, 0) is 0 Å². The van der Waals surface area contributed by atoms with E-state index in [4.69, 9.17) is 5.63 Å². The zero-order valence-electron chi connectivity index (χ0n) is 15.3. The molecule has 0 N–H and O–H groups in total. The van der Waals surface area contributed by atoms with Crippen LogP contribution in [0.4, 0.5) is 0 Å². The van der Waals surface area contributed by atoms with Crippen molar-refractivity contribution in [2.24, 2.45) is 0 Å². The number of hydrogen-bond donors (Lipinski definition) is 0. The average Bonchev–Trinajstić information content (AvgIpc) is 2.76. The Morgan fingerprint density at radius 3 is 1.04 bits per heavy atom. The molecule has 4 rings (SSSR count). The number of hydrogen-bond acceptors (Lipinski definition) is 3. The Hall–Kier alpha value is -2.84. The topological polar surface area (TPSA) is 35.5 Å². The zero-order valence-corrected chi connectivity index (χ0v) is 17.7. The summed E-state index contributed by atoms with van der Waals surface area (Å²) >= 11 is -5.97. The van der Waals surface area contributed by atoms with Gasteiger partial charge >= 0.3 is 167 Å². The number of para-hydroxylation sites is 2. The molecule has 0 atom stereocenters. The molecule has 4 aromatic carbocycles. The Kier molecular flexibility index (Phi) is 5.06. The first-order valence-corrected chi connectivity index (χ1v) is 14.6. The summed E-state index contributed by atoms with van der Waals surface area (Å²) in [6, 6.07) is 36.9. The molecule has 0 aliphatic heterocycles. The van der Waals surface area contributed by atoms with Gasteiger partial charge in [-0.25, -0.2) is 0 Å². The predicted molar refractivity (Wildman–Crippen MR) is 107 cm³/mol. The molecular weight excluding hydrogens is 427 g/mol. The fourth-order valence-electron chi connectivity index (χ4n) is 3.28. The second-order valence-corrected chi connectivity index (χ2v) is 15.2. The monoisotopic (exact) mass is 446 g/mol. The zero-order chi connectivity index (χ0) is 19.3. The first-order chi connectivity index (χ1) is 13.7. The van der Waals surface area contributed by atoms with Gasteiger partial charge in [-0.15, -0.1) is 0 Å². The third kappa shape index (κ3) is 3.48. The van der Waals surface area contributed by atoms with Crippen LogP contribution >= 0.6 is 0 Å². The van der Waals surface area contributed by atoms with Gasteiger partial charge in [0.2, 0.25) is 0 Å². The SMILES string of the molecule is [O]=[Zr]([O]c1ccccc1)([O]c1ccccc1)([c]1ccccc1)[c]1ccccc1. The van der Waals surface area contributed by atoms with E-state index in [-0.39, 0.29) is 0 Å². The maximum absolute atomic E-state index is 15.2. The fourth-order valence-corrected chi connectivity index (χ4v) is 11.9. The van der Waals surface area contributed by atoms with E-state index in [0.717, 1.165) is 0 Å². The quantitative estimate of drug-likeness (QED) is 0.431. The van der Waals surface area contributed by atoms with Crippen LogP contribution in [0.5, 0.6) is 11.5 Å². The van der Waals surface area contributed by atoms with Gasteiger partial charge in [-0.3, -0.25) is 0 Å². The van der Waals surface area contributed by atoms with Crippen molar-refractivity contribution in [2.75, 3.05) is 0 Å². The molecule has 138 valence electrons. The maximum atomic E-state index is 15.2. The molecule has 4 heteroatoms. The summed E-state index contributed by atoms with van der Waals surface area (Å²) in [5.41, 5.74) is 0. The Morgan fingerprint density at radius 2 is 0.714 bits per heavy atom. The summed E-state index contributed by atoms with van der Waals surface area (Å²) in [4.78, 5) is 0. The van der Waals surface area contributed by atoms with Gasteiger partial charge in [0.1, 0.15) is 0 Å². The molecule has 0 unspecified atom stereocenters. The molecular formula is C24H20O3Zr. The van der Waals surface area contributed by atoms with Gasteiger partial charge in [-0.1, -0.05) is 0 Å². The van der Waals surface area contributed by atoms with Crippen LogP contribution in [0.3, 0.4) is 0 Å². The van der Waals surface area contributed by atoms with E-state index in [1.54, 1.807) is 24.3 Å². The normalized spacial score (nSPS) is 11.6. The van der Waals surface area contributed by atoms with Crippen molar-refractivity contribution in [1.29, 1.82) is 0 Å². The van der Waals surface area contributed by atoms with Crippen molar-refractivity contribution in [1.82, 2.24) is 0 Å². The molecule has 0 spiro atoms. The standard InChI is InChI=1S/2C6H6O.2C6H5.O.Zr/c2*7-6-4-2-1-3-5-6;2*1-2-4-6-5-3-1;;/h2*1-5,7H;2*1-5H;;/q;;;;;+2/p-2. The first kappa shape index (κ1) is 18.5. The third-order valence-corrected chi connectivity index (χ3v) is 14.2. The van der Waals surface area contributed by atoms with Crippen molar-refractivity contribution in [2.45, 2.75) is 0 Å². The summed E-state index contributed by atoms with van der Waals surface area (Å²) in [6.45, 7) is 0. The van der Waals surface area contributed by atoms with Crippen LogP contribution in [0.2, 0.25) is 0 Å². The molecule has 0 saturated carbocycles. The first-order valence-electron chi connectivity index (χ1n) is 9.16. The van der Waals surface area contributed by atoms with E-state index in [9.17, 15) is 0 Å². The third-order valence-electron chi connectivity index (χ3n) is 4.64. The molecule has 0 aliphatic rings. The Morgan fingerprint density at radius 1 is 0.429 bits per heavy atom. The summed E-state index contributed by atoms with van der Waals surface area (Å²) in [5.74, 6) is 1.01. The molecule has 0 aliphatic carbocycles. The van der Waals surface area contributed by atoms with Crippen molar-refractivity contribution in [3.05, 3.63) is 121 Å². The van der Waals surface area contributed by atoms with Crippen LogP contribution in [0.15, 0.2) is 121 Å². The second-order valence-electron chi connectivity index (χ2n) is 6.55. The molecule has 0 heterocycles. The van der Waals surface area contributed by atoms with Gasteiger partial charge in [0.05, 0.1) is 0 Å². The van der Waals surface area contributed by atoms with Gasteiger partial charge < -0.3 is 0 Å². The van der Waals surface area contributed by atoms with E-state index >= 15 is 2.81 Å². The van der Waals surface area contributed by atoms with Crippen LogP contribution in [0.25, 0.3) is 0 Å². The van der Waals surface area contributed by atoms with Crippen LogP contribution in [0, 0.1) is 0 Å². The number of benzene rings is 4. The fraction of sp³-hybridized carbons (Fsp3) is 0. The van der Waals surface area contributed by atoms with Crippen molar-refractivity contribution in [3.63, 3.8) is 0 Å². The summed E-state index contributed by atoms with van der Waals surface area (Å²) in [6.07, 6.45) is 0. The predicted octanol–water partition coefficient (Wildman–Crippen LogP) is 4.66. The van der Waals surface area contributed by atoms with Crippen molar-refractivity contribution >= 4 is 6.54 Å². The van der Waals surface area contributed by atoms with Gasteiger partial charge in [-0.2, -0.15) is 0 Å². The van der Waals surface area contributed by atoms with Crippen molar-refractivity contribution in [3.8, 4) is 11.5 Å². The van der Waals surface area contributed by atoms with Crippen LogP contribution in [-0.4, -0.2) is 0 Å². The van der Waals surface area contributed by atoms with E-state index < -0.39 is 19.7 Å². The Bertz CT molecular complexity index is 1000. The van der Waals surface area contributed by atoms with Gasteiger partial charge in [0, 0.05) is 0 Å². The van der Waals surface area contributed by atoms with Crippen molar-refractivity contribution < 1.29 is 28.1 Å². The number of rotatable bonds is 6. The second kappa shape index (κ2) is 7.65. The van der Waals surface area contributed by atoms with E-state index in [1.807, 2.05) is 97.1 Å². The average molecular weight is 448 g/mol. The molecule has 0 amide bonds. The van der Waals surface area contributed by atoms with E-state index in [2.05, 4.69) is 0 Å². The molecule has 28 heavy (non-hydrogen) atoms. The summed E-state index contributed by atoms with van der Waals surface area (Å²) < 4.78 is 29.1. The van der Waals surface area contributed by atoms with Gasteiger partial charge in [0.15, 0.2) is 0 Å². The van der Waals surface area contributed by atoms with E-state index in [0.29, 0.717) is 18.0 Å².